The Labute approximate surface area is 123 Å². The van der Waals surface area contributed by atoms with Crippen molar-refractivity contribution >= 4 is 39.5 Å². The summed E-state index contributed by atoms with van der Waals surface area (Å²) in [4.78, 5) is 22.4. The summed E-state index contributed by atoms with van der Waals surface area (Å²) < 4.78 is 2.38. The third-order valence-electron chi connectivity index (χ3n) is 3.06. The second kappa shape index (κ2) is 5.34. The average Bonchev–Trinajstić information content (AvgIpc) is 2.81. The normalized spacial score (nSPS) is 11.2. The molecule has 1 heterocycles. The highest BCUT2D eigenvalue weighted by atomic mass is 32.1. The van der Waals surface area contributed by atoms with E-state index in [-0.39, 0.29) is 10.6 Å². The van der Waals surface area contributed by atoms with Crippen LogP contribution in [-0.2, 0) is 0 Å². The molecule has 0 N–H and O–H groups in total. The fourth-order valence-corrected chi connectivity index (χ4v) is 2.94. The first kappa shape index (κ1) is 13.3. The standard InChI is InChI=1S/C15H10N2O3S/c18-15-16(13-7-3-4-8-14(13)21-15)10-9-11-5-1-2-6-12(11)17(19)20/h1-10H/b10-9-. The van der Waals surface area contributed by atoms with Crippen molar-refractivity contribution in [3.05, 3.63) is 73.9 Å². The predicted molar refractivity (Wildman–Crippen MR) is 84.4 cm³/mol. The second-order valence-corrected chi connectivity index (χ2v) is 5.33. The van der Waals surface area contributed by atoms with E-state index in [1.54, 1.807) is 30.5 Å². The molecule has 6 heteroatoms. The number of hydrogen-bond donors (Lipinski definition) is 0. The summed E-state index contributed by atoms with van der Waals surface area (Å²) in [5.41, 5.74) is 1.27. The SMILES string of the molecule is O=c1sc2ccccc2n1/C=C\c1ccccc1[N+](=O)[O-]. The molecule has 21 heavy (non-hydrogen) atoms. The van der Waals surface area contributed by atoms with E-state index in [1.807, 2.05) is 24.3 Å². The van der Waals surface area contributed by atoms with Crippen molar-refractivity contribution in [3.63, 3.8) is 0 Å². The van der Waals surface area contributed by atoms with E-state index in [1.165, 1.54) is 10.6 Å². The topological polar surface area (TPSA) is 65.1 Å². The van der Waals surface area contributed by atoms with Crippen molar-refractivity contribution in [2.24, 2.45) is 0 Å². The van der Waals surface area contributed by atoms with Gasteiger partial charge in [-0.05, 0) is 24.3 Å². The number of para-hydroxylation sites is 2. The van der Waals surface area contributed by atoms with Crippen molar-refractivity contribution in [2.75, 3.05) is 0 Å². The van der Waals surface area contributed by atoms with Crippen LogP contribution in [0.3, 0.4) is 0 Å². The van der Waals surface area contributed by atoms with E-state index in [9.17, 15) is 14.9 Å². The smallest absolute Gasteiger partial charge is 0.274 e. The molecule has 0 aliphatic carbocycles. The van der Waals surface area contributed by atoms with Crippen molar-refractivity contribution < 1.29 is 4.92 Å². The third kappa shape index (κ3) is 2.48. The summed E-state index contributed by atoms with van der Waals surface area (Å²) in [6.07, 6.45) is 3.15. The minimum absolute atomic E-state index is 0.0151. The van der Waals surface area contributed by atoms with E-state index in [0.29, 0.717) is 5.56 Å². The van der Waals surface area contributed by atoms with E-state index < -0.39 is 4.92 Å². The van der Waals surface area contributed by atoms with Gasteiger partial charge in [-0.15, -0.1) is 0 Å². The largest absolute Gasteiger partial charge is 0.312 e. The van der Waals surface area contributed by atoms with Crippen LogP contribution in [-0.4, -0.2) is 9.49 Å². The number of rotatable bonds is 3. The second-order valence-electron chi connectivity index (χ2n) is 4.34. The highest BCUT2D eigenvalue weighted by Crippen LogP contribution is 2.21. The Kier molecular flexibility index (Phi) is 3.37. The van der Waals surface area contributed by atoms with E-state index in [4.69, 9.17) is 0 Å². The summed E-state index contributed by atoms with van der Waals surface area (Å²) in [6, 6.07) is 13.9. The molecule has 0 unspecified atom stereocenters. The number of hydrogen-bond acceptors (Lipinski definition) is 4. The molecule has 0 atom stereocenters. The van der Waals surface area contributed by atoms with Crippen LogP contribution >= 0.6 is 11.3 Å². The van der Waals surface area contributed by atoms with Gasteiger partial charge in [-0.1, -0.05) is 35.6 Å². The summed E-state index contributed by atoms with van der Waals surface area (Å²) in [6.45, 7) is 0. The highest BCUT2D eigenvalue weighted by molar-refractivity contribution is 7.16. The quantitative estimate of drug-likeness (QED) is 0.548. The first-order valence-electron chi connectivity index (χ1n) is 6.18. The van der Waals surface area contributed by atoms with Gasteiger partial charge in [0.2, 0.25) is 0 Å². The van der Waals surface area contributed by atoms with Crippen molar-refractivity contribution in [3.8, 4) is 0 Å². The lowest BCUT2D eigenvalue weighted by Crippen LogP contribution is -2.05. The molecule has 0 saturated carbocycles. The number of fused-ring (bicyclic) bond motifs is 1. The number of thiazole rings is 1. The van der Waals surface area contributed by atoms with E-state index in [2.05, 4.69) is 0 Å². The van der Waals surface area contributed by atoms with Gasteiger partial charge in [0.25, 0.3) is 5.69 Å². The number of nitro groups is 1. The molecule has 1 aromatic heterocycles. The van der Waals surface area contributed by atoms with Gasteiger partial charge in [-0.25, -0.2) is 0 Å². The van der Waals surface area contributed by atoms with Gasteiger partial charge < -0.3 is 0 Å². The first-order valence-corrected chi connectivity index (χ1v) is 7.00. The van der Waals surface area contributed by atoms with Crippen LogP contribution in [0.15, 0.2) is 53.3 Å². The molecular weight excluding hydrogens is 288 g/mol. The molecule has 0 aliphatic heterocycles. The molecule has 3 rings (SSSR count). The van der Waals surface area contributed by atoms with Gasteiger partial charge in [0, 0.05) is 12.3 Å². The van der Waals surface area contributed by atoms with Crippen molar-refractivity contribution in [1.29, 1.82) is 0 Å². The maximum Gasteiger partial charge on any atom is 0.312 e. The number of aromatic nitrogens is 1. The summed E-state index contributed by atoms with van der Waals surface area (Å²) >= 11 is 1.15. The Morgan fingerprint density at radius 1 is 1.10 bits per heavy atom. The van der Waals surface area contributed by atoms with Crippen LogP contribution in [0.5, 0.6) is 0 Å². The molecule has 5 nitrogen and oxygen atoms in total. The maximum atomic E-state index is 12.0. The molecule has 0 fully saturated rings. The molecule has 0 spiro atoms. The molecule has 0 saturated heterocycles. The lowest BCUT2D eigenvalue weighted by Gasteiger charge is -1.98. The molecule has 104 valence electrons. The average molecular weight is 298 g/mol. The predicted octanol–water partition coefficient (Wildman–Crippen LogP) is 3.60. The van der Waals surface area contributed by atoms with Gasteiger partial charge in [0.1, 0.15) is 0 Å². The van der Waals surface area contributed by atoms with Gasteiger partial charge in [-0.2, -0.15) is 0 Å². The Hall–Kier alpha value is -2.73. The monoisotopic (exact) mass is 298 g/mol. The van der Waals surface area contributed by atoms with Gasteiger partial charge in [0.15, 0.2) is 0 Å². The zero-order valence-corrected chi connectivity index (χ0v) is 11.6. The number of nitro benzene ring substituents is 1. The maximum absolute atomic E-state index is 12.0. The van der Waals surface area contributed by atoms with Crippen molar-refractivity contribution in [2.45, 2.75) is 0 Å². The highest BCUT2D eigenvalue weighted by Gasteiger charge is 2.10. The van der Waals surface area contributed by atoms with Crippen LogP contribution in [0.4, 0.5) is 5.69 Å². The van der Waals surface area contributed by atoms with E-state index >= 15 is 0 Å². The van der Waals surface area contributed by atoms with Gasteiger partial charge in [-0.3, -0.25) is 19.5 Å². The number of nitrogens with zero attached hydrogens (tertiary/aromatic N) is 2. The Morgan fingerprint density at radius 3 is 2.62 bits per heavy atom. The summed E-state index contributed by atoms with van der Waals surface area (Å²) in [7, 11) is 0. The summed E-state index contributed by atoms with van der Waals surface area (Å²) in [5.74, 6) is 0. The zero-order chi connectivity index (χ0) is 14.8. The Bertz CT molecular complexity index is 908. The molecule has 3 aromatic rings. The van der Waals surface area contributed by atoms with Gasteiger partial charge in [0.05, 0.1) is 20.7 Å². The first-order chi connectivity index (χ1) is 10.2. The zero-order valence-electron chi connectivity index (χ0n) is 10.8. The van der Waals surface area contributed by atoms with Crippen LogP contribution < -0.4 is 4.87 Å². The summed E-state index contributed by atoms with van der Waals surface area (Å²) in [5, 5.41) is 11.0. The minimum atomic E-state index is -0.436. The number of benzene rings is 2. The third-order valence-corrected chi connectivity index (χ3v) is 3.99. The van der Waals surface area contributed by atoms with Gasteiger partial charge >= 0.3 is 4.87 Å². The lowest BCUT2D eigenvalue weighted by molar-refractivity contribution is -0.385. The molecule has 0 bridgehead atoms. The molecule has 0 radical (unpaired) electrons. The van der Waals surface area contributed by atoms with E-state index in [0.717, 1.165) is 21.6 Å². The molecule has 2 aromatic carbocycles. The fourth-order valence-electron chi connectivity index (χ4n) is 2.07. The molecular formula is C15H10N2O3S. The molecule has 0 aliphatic rings. The van der Waals surface area contributed by atoms with Crippen LogP contribution in [0.25, 0.3) is 22.5 Å². The Balaban J connectivity index is 2.09. The fraction of sp³-hybridized carbons (Fsp3) is 0. The minimum Gasteiger partial charge on any atom is -0.274 e. The Morgan fingerprint density at radius 2 is 1.81 bits per heavy atom. The van der Waals surface area contributed by atoms with Crippen LogP contribution in [0, 0.1) is 10.1 Å². The van der Waals surface area contributed by atoms with Crippen LogP contribution in [0.1, 0.15) is 5.56 Å². The van der Waals surface area contributed by atoms with Crippen molar-refractivity contribution in [1.82, 2.24) is 4.57 Å². The molecule has 0 amide bonds. The lowest BCUT2D eigenvalue weighted by atomic mass is 10.2. The van der Waals surface area contributed by atoms with Crippen LogP contribution in [0.2, 0.25) is 0 Å².